The summed E-state index contributed by atoms with van der Waals surface area (Å²) in [5.41, 5.74) is 17.7. The summed E-state index contributed by atoms with van der Waals surface area (Å²) < 4.78 is 0. The molecule has 1 heteroatoms. The van der Waals surface area contributed by atoms with Gasteiger partial charge in [-0.1, -0.05) is 147 Å². The first-order chi connectivity index (χ1) is 23.2. The van der Waals surface area contributed by atoms with E-state index >= 15 is 0 Å². The molecule has 1 aliphatic carbocycles. The van der Waals surface area contributed by atoms with Crippen molar-refractivity contribution >= 4 is 16.9 Å². The number of fused-ring (bicyclic) bond motifs is 3. The van der Waals surface area contributed by atoms with Crippen molar-refractivity contribution in [3.8, 4) is 33.4 Å². The Hall–Kier alpha value is -5.66. The van der Waals surface area contributed by atoms with Crippen LogP contribution in [0.15, 0.2) is 171 Å². The van der Waals surface area contributed by atoms with Crippen molar-refractivity contribution in [2.24, 2.45) is 0 Å². The summed E-state index contributed by atoms with van der Waals surface area (Å²) in [6.07, 6.45) is 4.16. The van der Waals surface area contributed by atoms with E-state index in [9.17, 15) is 0 Å². The predicted molar refractivity (Wildman–Crippen MR) is 207 cm³/mol. The Morgan fingerprint density at radius 1 is 0.521 bits per heavy atom. The molecular weight excluding hydrogens is 579 g/mol. The van der Waals surface area contributed by atoms with Crippen LogP contribution in [0.2, 0.25) is 0 Å². The lowest BCUT2D eigenvalue weighted by Gasteiger charge is -2.26. The largest absolute Gasteiger partial charge is 0.311 e. The van der Waals surface area contributed by atoms with Crippen LogP contribution >= 0.6 is 0 Å². The van der Waals surface area contributed by atoms with Gasteiger partial charge in [-0.05, 0) is 112 Å². The summed E-state index contributed by atoms with van der Waals surface area (Å²) in [6, 6.07) is 50.4. The molecule has 0 atom stereocenters. The molecule has 0 amide bonds. The number of nitrogens with zero attached hydrogens (tertiary/aromatic N) is 1. The Morgan fingerprint density at radius 3 is 1.58 bits per heavy atom. The molecule has 0 unspecified atom stereocenters. The minimum Gasteiger partial charge on any atom is -0.311 e. The van der Waals surface area contributed by atoms with E-state index in [2.05, 4.69) is 197 Å². The molecule has 0 aliphatic heterocycles. The van der Waals surface area contributed by atoms with Gasteiger partial charge in [0.15, 0.2) is 0 Å². The molecule has 0 aromatic heterocycles. The van der Waals surface area contributed by atoms with Gasteiger partial charge < -0.3 is 4.90 Å². The Kier molecular flexibility index (Phi) is 8.07. The molecular formula is C47H41N. The van der Waals surface area contributed by atoms with Crippen LogP contribution in [0, 0.1) is 13.8 Å². The van der Waals surface area contributed by atoms with Gasteiger partial charge in [-0.2, -0.15) is 0 Å². The molecule has 0 heterocycles. The van der Waals surface area contributed by atoms with E-state index in [1.165, 1.54) is 55.6 Å². The fraction of sp³-hybridized carbons (Fsp3) is 0.106. The first-order valence-electron chi connectivity index (χ1n) is 16.6. The summed E-state index contributed by atoms with van der Waals surface area (Å²) in [5.74, 6) is 0. The van der Waals surface area contributed by atoms with E-state index < -0.39 is 0 Å². The van der Waals surface area contributed by atoms with Crippen molar-refractivity contribution in [1.82, 2.24) is 0 Å². The van der Waals surface area contributed by atoms with Gasteiger partial charge in [0, 0.05) is 22.5 Å². The number of hydrogen-bond donors (Lipinski definition) is 0. The van der Waals surface area contributed by atoms with Gasteiger partial charge in [-0.3, -0.25) is 0 Å². The molecule has 0 saturated carbocycles. The van der Waals surface area contributed by atoms with Crippen molar-refractivity contribution in [2.45, 2.75) is 33.1 Å². The monoisotopic (exact) mass is 619 g/mol. The average molecular weight is 620 g/mol. The van der Waals surface area contributed by atoms with Crippen molar-refractivity contribution in [1.29, 1.82) is 0 Å². The molecule has 0 spiro atoms. The van der Waals surface area contributed by atoms with Gasteiger partial charge in [0.05, 0.1) is 0 Å². The first kappa shape index (κ1) is 31.0. The lowest BCUT2D eigenvalue weighted by Crippen LogP contribution is -2.15. The van der Waals surface area contributed by atoms with Gasteiger partial charge in [-0.25, -0.2) is 0 Å². The smallest absolute Gasteiger partial charge is 0.0461 e. The zero-order valence-corrected chi connectivity index (χ0v) is 28.3. The summed E-state index contributed by atoms with van der Waals surface area (Å²) >= 11 is 0. The second-order valence-electron chi connectivity index (χ2n) is 13.4. The summed E-state index contributed by atoms with van der Waals surface area (Å²) in [4.78, 5) is 2.19. The standard InChI is InChI=1S/C47H41N/c1-32-12-24-41(25-13-32)48(42-26-14-33(2)15-27-42)35(4)17-16-34(3)39-22-28-43-44-29-23-40(31-46(44)47(5,6)45(43)30-39)38-20-18-37(19-21-38)36-10-8-7-9-11-36/h7-31H,3-4H2,1-2,5-6H3. The molecule has 0 bridgehead atoms. The first-order valence-corrected chi connectivity index (χ1v) is 16.6. The van der Waals surface area contributed by atoms with Crippen LogP contribution in [0.25, 0.3) is 39.0 Å². The minimum atomic E-state index is -0.137. The second kappa shape index (κ2) is 12.5. The zero-order chi connectivity index (χ0) is 33.4. The Balaban J connectivity index is 1.14. The van der Waals surface area contributed by atoms with E-state index in [1.54, 1.807) is 0 Å². The van der Waals surface area contributed by atoms with E-state index in [0.717, 1.165) is 28.2 Å². The molecule has 234 valence electrons. The van der Waals surface area contributed by atoms with E-state index in [-0.39, 0.29) is 5.41 Å². The number of anilines is 2. The highest BCUT2D eigenvalue weighted by Crippen LogP contribution is 2.50. The van der Waals surface area contributed by atoms with Gasteiger partial charge in [-0.15, -0.1) is 0 Å². The van der Waals surface area contributed by atoms with Crippen LogP contribution < -0.4 is 4.90 Å². The van der Waals surface area contributed by atoms with Crippen LogP contribution in [0.3, 0.4) is 0 Å². The number of benzene rings is 6. The Bertz CT molecular complexity index is 2120. The SMILES string of the molecule is C=C(C=CC(=C)N(c1ccc(C)cc1)c1ccc(C)cc1)c1ccc2c(c1)C(C)(C)c1cc(-c3ccc(-c4ccccc4)cc3)ccc1-2. The van der Waals surface area contributed by atoms with Crippen molar-refractivity contribution < 1.29 is 0 Å². The van der Waals surface area contributed by atoms with Gasteiger partial charge >= 0.3 is 0 Å². The summed E-state index contributed by atoms with van der Waals surface area (Å²) in [5, 5.41) is 0. The minimum absolute atomic E-state index is 0.137. The van der Waals surface area contributed by atoms with Crippen LogP contribution in [-0.2, 0) is 5.41 Å². The molecule has 6 aromatic carbocycles. The van der Waals surface area contributed by atoms with Crippen molar-refractivity contribution in [2.75, 3.05) is 4.90 Å². The molecule has 7 rings (SSSR count). The molecule has 48 heavy (non-hydrogen) atoms. The van der Waals surface area contributed by atoms with E-state index in [0.29, 0.717) is 0 Å². The average Bonchev–Trinajstić information content (AvgIpc) is 3.34. The molecule has 0 saturated heterocycles. The third-order valence-electron chi connectivity index (χ3n) is 9.72. The lowest BCUT2D eigenvalue weighted by molar-refractivity contribution is 0.660. The molecule has 1 aliphatic rings. The normalized spacial score (nSPS) is 12.8. The highest BCUT2D eigenvalue weighted by atomic mass is 15.1. The zero-order valence-electron chi connectivity index (χ0n) is 28.3. The third kappa shape index (κ3) is 5.85. The number of rotatable bonds is 8. The number of aryl methyl sites for hydroxylation is 2. The molecule has 1 nitrogen and oxygen atoms in total. The van der Waals surface area contributed by atoms with Gasteiger partial charge in [0.25, 0.3) is 0 Å². The van der Waals surface area contributed by atoms with E-state index in [1.807, 2.05) is 0 Å². The molecule has 0 radical (unpaired) electrons. The number of hydrogen-bond acceptors (Lipinski definition) is 1. The van der Waals surface area contributed by atoms with Crippen LogP contribution in [0.4, 0.5) is 11.4 Å². The van der Waals surface area contributed by atoms with Gasteiger partial charge in [0.2, 0.25) is 0 Å². The highest BCUT2D eigenvalue weighted by Gasteiger charge is 2.35. The van der Waals surface area contributed by atoms with Crippen LogP contribution in [0.1, 0.15) is 41.7 Å². The maximum atomic E-state index is 4.48. The maximum absolute atomic E-state index is 4.48. The van der Waals surface area contributed by atoms with Gasteiger partial charge in [0.1, 0.15) is 0 Å². The van der Waals surface area contributed by atoms with Crippen LogP contribution in [0.5, 0.6) is 0 Å². The molecule has 6 aromatic rings. The number of allylic oxidation sites excluding steroid dienone is 3. The predicted octanol–water partition coefficient (Wildman–Crippen LogP) is 12.9. The van der Waals surface area contributed by atoms with Crippen molar-refractivity contribution in [3.05, 3.63) is 198 Å². The molecule has 0 fully saturated rings. The summed E-state index contributed by atoms with van der Waals surface area (Å²) in [7, 11) is 0. The fourth-order valence-corrected chi connectivity index (χ4v) is 6.84. The lowest BCUT2D eigenvalue weighted by atomic mass is 9.81. The quantitative estimate of drug-likeness (QED) is 0.153. The molecule has 0 N–H and O–H groups in total. The Morgan fingerprint density at radius 2 is 1.00 bits per heavy atom. The highest BCUT2D eigenvalue weighted by molar-refractivity contribution is 5.86. The maximum Gasteiger partial charge on any atom is 0.0461 e. The summed E-state index contributed by atoms with van der Waals surface area (Å²) in [6.45, 7) is 17.9. The fourth-order valence-electron chi connectivity index (χ4n) is 6.84. The Labute approximate surface area is 285 Å². The van der Waals surface area contributed by atoms with E-state index in [4.69, 9.17) is 0 Å². The van der Waals surface area contributed by atoms with Crippen LogP contribution in [-0.4, -0.2) is 0 Å². The second-order valence-corrected chi connectivity index (χ2v) is 13.4. The third-order valence-corrected chi connectivity index (χ3v) is 9.72. The topological polar surface area (TPSA) is 3.24 Å². The van der Waals surface area contributed by atoms with Crippen molar-refractivity contribution in [3.63, 3.8) is 0 Å².